The van der Waals surface area contributed by atoms with Crippen molar-refractivity contribution in [1.82, 2.24) is 19.6 Å². The minimum Gasteiger partial charge on any atom is -0.464 e. The van der Waals surface area contributed by atoms with Gasteiger partial charge in [0.15, 0.2) is 0 Å². The average Bonchev–Trinajstić information content (AvgIpc) is 3.31. The molecule has 0 atom stereocenters. The Morgan fingerprint density at radius 2 is 1.64 bits per heavy atom. The third-order valence-corrected chi connectivity index (χ3v) is 5.59. The predicted octanol–water partition coefficient (Wildman–Crippen LogP) is 4.53. The van der Waals surface area contributed by atoms with Gasteiger partial charge in [0, 0.05) is 37.8 Å². The minimum absolute atomic E-state index is 0.116. The van der Waals surface area contributed by atoms with Gasteiger partial charge >= 0.3 is 0 Å². The van der Waals surface area contributed by atoms with Crippen LogP contribution in [0.3, 0.4) is 0 Å². The van der Waals surface area contributed by atoms with E-state index in [2.05, 4.69) is 32.8 Å². The van der Waals surface area contributed by atoms with E-state index >= 15 is 0 Å². The monoisotopic (exact) mass is 452 g/mol. The first kappa shape index (κ1) is 24.6. The first-order chi connectivity index (χ1) is 15.6. The van der Waals surface area contributed by atoms with E-state index in [1.165, 1.54) is 0 Å². The van der Waals surface area contributed by atoms with Crippen molar-refractivity contribution in [2.24, 2.45) is 18.9 Å². The summed E-state index contributed by atoms with van der Waals surface area (Å²) in [4.78, 5) is 30.0. The molecule has 33 heavy (non-hydrogen) atoms. The first-order valence-electron chi connectivity index (χ1n) is 11.6. The van der Waals surface area contributed by atoms with Gasteiger partial charge in [-0.2, -0.15) is 5.10 Å². The normalized spacial score (nSPS) is 11.5. The maximum absolute atomic E-state index is 13.4. The predicted molar refractivity (Wildman–Crippen MR) is 129 cm³/mol. The largest absolute Gasteiger partial charge is 0.464 e. The van der Waals surface area contributed by atoms with E-state index in [0.29, 0.717) is 38.0 Å². The molecule has 0 saturated carbocycles. The molecule has 0 unspecified atom stereocenters. The van der Waals surface area contributed by atoms with Crippen LogP contribution in [-0.4, -0.2) is 44.5 Å². The van der Waals surface area contributed by atoms with Crippen LogP contribution in [0.1, 0.15) is 51.1 Å². The lowest BCUT2D eigenvalue weighted by Gasteiger charge is -2.28. The fourth-order valence-corrected chi connectivity index (χ4v) is 3.99. The quantitative estimate of drug-likeness (QED) is 0.424. The van der Waals surface area contributed by atoms with E-state index in [1.54, 1.807) is 15.8 Å². The van der Waals surface area contributed by atoms with Gasteiger partial charge in [-0.25, -0.2) is 0 Å². The van der Waals surface area contributed by atoms with E-state index in [4.69, 9.17) is 4.42 Å². The average molecular weight is 453 g/mol. The Kier molecular flexibility index (Phi) is 7.95. The molecule has 2 aromatic heterocycles. The Labute approximate surface area is 196 Å². The van der Waals surface area contributed by atoms with Crippen LogP contribution in [0, 0.1) is 18.8 Å². The molecule has 0 fully saturated rings. The van der Waals surface area contributed by atoms with Crippen LogP contribution in [0.5, 0.6) is 0 Å². The van der Waals surface area contributed by atoms with Gasteiger partial charge in [0.2, 0.25) is 11.8 Å². The van der Waals surface area contributed by atoms with Crippen LogP contribution < -0.4 is 0 Å². The van der Waals surface area contributed by atoms with Gasteiger partial charge in [-0.3, -0.25) is 14.3 Å². The molecule has 0 saturated heterocycles. The van der Waals surface area contributed by atoms with Crippen molar-refractivity contribution in [3.05, 3.63) is 53.5 Å². The fourth-order valence-electron chi connectivity index (χ4n) is 3.99. The summed E-state index contributed by atoms with van der Waals surface area (Å²) in [7, 11) is 1.89. The number of fused-ring (bicyclic) bond motifs is 1. The van der Waals surface area contributed by atoms with Crippen LogP contribution in [0.2, 0.25) is 0 Å². The zero-order valence-electron chi connectivity index (χ0n) is 20.7. The van der Waals surface area contributed by atoms with Crippen molar-refractivity contribution in [3.63, 3.8) is 0 Å². The summed E-state index contributed by atoms with van der Waals surface area (Å²) in [6, 6.07) is 9.78. The molecule has 0 N–H and O–H groups in total. The van der Waals surface area contributed by atoms with Crippen molar-refractivity contribution >= 4 is 22.8 Å². The van der Waals surface area contributed by atoms with Crippen molar-refractivity contribution in [3.8, 4) is 0 Å². The molecule has 0 aliphatic rings. The highest BCUT2D eigenvalue weighted by Crippen LogP contribution is 2.20. The molecule has 2 amide bonds. The maximum atomic E-state index is 13.4. The Hall–Kier alpha value is -3.09. The highest BCUT2D eigenvalue weighted by atomic mass is 16.3. The fraction of sp³-hybridized carbons (Fsp3) is 0.500. The zero-order chi connectivity index (χ0) is 24.1. The SMILES string of the molecule is Cc1cc(CN(Cc2ccc3occc3c2)C(=O)CC(=O)N(CC(C)C)CC(C)C)nn1C. The molecule has 0 spiro atoms. The van der Waals surface area contributed by atoms with E-state index in [1.807, 2.05) is 49.2 Å². The standard InChI is InChI=1S/C26H36N4O3/c1-18(2)14-29(15-19(3)4)25(31)13-26(32)30(17-23-11-20(5)28(6)27-23)16-21-7-8-24-22(12-21)9-10-33-24/h7-12,18-19H,13-17H2,1-6H3. The summed E-state index contributed by atoms with van der Waals surface area (Å²) in [5, 5.41) is 5.51. The molecule has 7 nitrogen and oxygen atoms in total. The number of furan rings is 1. The van der Waals surface area contributed by atoms with Gasteiger partial charge in [0.1, 0.15) is 12.0 Å². The number of benzene rings is 1. The Morgan fingerprint density at radius 1 is 0.970 bits per heavy atom. The van der Waals surface area contributed by atoms with E-state index < -0.39 is 0 Å². The number of rotatable bonds is 10. The topological polar surface area (TPSA) is 71.6 Å². The molecular formula is C26H36N4O3. The van der Waals surface area contributed by atoms with Crippen LogP contribution in [0.15, 0.2) is 41.0 Å². The van der Waals surface area contributed by atoms with Gasteiger partial charge in [-0.15, -0.1) is 0 Å². The van der Waals surface area contributed by atoms with Crippen molar-refractivity contribution < 1.29 is 14.0 Å². The lowest BCUT2D eigenvalue weighted by Crippen LogP contribution is -2.40. The second-order valence-corrected chi connectivity index (χ2v) is 9.71. The van der Waals surface area contributed by atoms with Gasteiger partial charge in [0.05, 0.1) is 18.5 Å². The molecule has 0 radical (unpaired) electrons. The van der Waals surface area contributed by atoms with Crippen LogP contribution in [-0.2, 0) is 29.7 Å². The van der Waals surface area contributed by atoms with Crippen LogP contribution >= 0.6 is 0 Å². The number of aromatic nitrogens is 2. The van der Waals surface area contributed by atoms with Gasteiger partial charge in [-0.05, 0) is 48.6 Å². The van der Waals surface area contributed by atoms with Crippen molar-refractivity contribution in [2.45, 2.75) is 54.1 Å². The number of aryl methyl sites for hydroxylation is 2. The first-order valence-corrected chi connectivity index (χ1v) is 11.6. The lowest BCUT2D eigenvalue weighted by molar-refractivity contribution is -0.142. The second-order valence-electron chi connectivity index (χ2n) is 9.71. The van der Waals surface area contributed by atoms with E-state index in [9.17, 15) is 9.59 Å². The van der Waals surface area contributed by atoms with Crippen LogP contribution in [0.25, 0.3) is 11.0 Å². The van der Waals surface area contributed by atoms with Gasteiger partial charge in [0.25, 0.3) is 0 Å². The summed E-state index contributed by atoms with van der Waals surface area (Å²) in [5.41, 5.74) is 3.62. The van der Waals surface area contributed by atoms with Crippen molar-refractivity contribution in [2.75, 3.05) is 13.1 Å². The molecule has 2 heterocycles. The number of carbonyl (C=O) groups excluding carboxylic acids is 2. The molecule has 178 valence electrons. The summed E-state index contributed by atoms with van der Waals surface area (Å²) in [5.74, 6) is 0.386. The van der Waals surface area contributed by atoms with E-state index in [-0.39, 0.29) is 18.2 Å². The summed E-state index contributed by atoms with van der Waals surface area (Å²) in [6.07, 6.45) is 1.52. The Bertz CT molecular complexity index is 1070. The molecule has 7 heteroatoms. The molecule has 0 aliphatic heterocycles. The highest BCUT2D eigenvalue weighted by molar-refractivity contribution is 5.97. The summed E-state index contributed by atoms with van der Waals surface area (Å²) in [6.45, 7) is 12.4. The Morgan fingerprint density at radius 3 is 2.24 bits per heavy atom. The molecule has 0 aliphatic carbocycles. The molecule has 3 aromatic rings. The maximum Gasteiger partial charge on any atom is 0.232 e. The number of amides is 2. The number of hydrogen-bond donors (Lipinski definition) is 0. The molecule has 1 aromatic carbocycles. The summed E-state index contributed by atoms with van der Waals surface area (Å²) >= 11 is 0. The number of carbonyl (C=O) groups is 2. The third kappa shape index (κ3) is 6.70. The van der Waals surface area contributed by atoms with Gasteiger partial charge < -0.3 is 14.2 Å². The minimum atomic E-state index is -0.187. The van der Waals surface area contributed by atoms with Gasteiger partial charge in [-0.1, -0.05) is 33.8 Å². The third-order valence-electron chi connectivity index (χ3n) is 5.59. The van der Waals surface area contributed by atoms with E-state index in [0.717, 1.165) is 27.9 Å². The number of hydrogen-bond acceptors (Lipinski definition) is 4. The second kappa shape index (κ2) is 10.7. The highest BCUT2D eigenvalue weighted by Gasteiger charge is 2.24. The number of nitrogens with zero attached hydrogens (tertiary/aromatic N) is 4. The van der Waals surface area contributed by atoms with Crippen LogP contribution in [0.4, 0.5) is 0 Å². The Balaban J connectivity index is 1.80. The smallest absolute Gasteiger partial charge is 0.232 e. The zero-order valence-corrected chi connectivity index (χ0v) is 20.7. The lowest BCUT2D eigenvalue weighted by atomic mass is 10.1. The molecule has 3 rings (SSSR count). The molecule has 0 bridgehead atoms. The summed E-state index contributed by atoms with van der Waals surface area (Å²) < 4.78 is 7.23. The van der Waals surface area contributed by atoms with Crippen molar-refractivity contribution in [1.29, 1.82) is 0 Å². The molecular weight excluding hydrogens is 416 g/mol.